The lowest BCUT2D eigenvalue weighted by Crippen LogP contribution is -2.47. The van der Waals surface area contributed by atoms with Gasteiger partial charge < -0.3 is 24.6 Å². The SMILES string of the molecule is CC[N+](CC)(CC)CC.Cc1c(C(=O)O)cccc1C(=O)O.O=C([O-])c1cccc2ccccc12. The molecule has 0 aliphatic heterocycles. The molecule has 0 unspecified atom stereocenters. The van der Waals surface area contributed by atoms with Gasteiger partial charge in [-0.3, -0.25) is 0 Å². The minimum Gasteiger partial charge on any atom is -0.545 e. The zero-order valence-corrected chi connectivity index (χ0v) is 21.1. The van der Waals surface area contributed by atoms with Gasteiger partial charge in [0.1, 0.15) is 0 Å². The van der Waals surface area contributed by atoms with Crippen molar-refractivity contribution >= 4 is 28.7 Å². The van der Waals surface area contributed by atoms with Crippen molar-refractivity contribution in [1.29, 1.82) is 0 Å². The Morgan fingerprint density at radius 1 is 0.686 bits per heavy atom. The third-order valence-corrected chi connectivity index (χ3v) is 6.49. The van der Waals surface area contributed by atoms with Crippen molar-refractivity contribution in [3.8, 4) is 0 Å². The molecule has 2 N–H and O–H groups in total. The number of hydrogen-bond donors (Lipinski definition) is 2. The maximum absolute atomic E-state index is 10.7. The summed E-state index contributed by atoms with van der Waals surface area (Å²) in [5.41, 5.74) is 0.584. The summed E-state index contributed by atoms with van der Waals surface area (Å²) in [5.74, 6) is -3.35. The Morgan fingerprint density at radius 2 is 1.09 bits per heavy atom. The van der Waals surface area contributed by atoms with Crippen LogP contribution in [0.5, 0.6) is 0 Å². The number of carboxylic acid groups (broad SMARTS) is 3. The molecule has 188 valence electrons. The molecule has 0 saturated heterocycles. The summed E-state index contributed by atoms with van der Waals surface area (Å²) in [4.78, 5) is 31.9. The molecule has 0 heterocycles. The number of benzene rings is 3. The number of nitrogens with zero attached hydrogens (tertiary/aromatic N) is 1. The largest absolute Gasteiger partial charge is 0.545 e. The number of carboxylic acids is 3. The Hall–Kier alpha value is -3.71. The van der Waals surface area contributed by atoms with Crippen molar-refractivity contribution in [3.63, 3.8) is 0 Å². The molecule has 0 aromatic heterocycles. The second kappa shape index (κ2) is 13.9. The molecule has 0 spiro atoms. The van der Waals surface area contributed by atoms with Gasteiger partial charge in [-0.2, -0.15) is 0 Å². The van der Waals surface area contributed by atoms with Crippen molar-refractivity contribution in [2.75, 3.05) is 26.2 Å². The molecule has 3 aromatic carbocycles. The number of quaternary nitrogens is 1. The standard InChI is InChI=1S/C11H8O2.C9H8O4.C8H20N/c12-11(13)10-7-3-5-8-4-1-2-6-9(8)10;1-5-6(8(10)11)3-2-4-7(5)9(12)13;1-5-9(6-2,7-3)8-4/h1-7H,(H,12,13);2-4H,1H3,(H,10,11)(H,12,13);5-8H2,1-4H3/q;;+1/p-1. The van der Waals surface area contributed by atoms with Gasteiger partial charge in [0.15, 0.2) is 0 Å². The highest BCUT2D eigenvalue weighted by atomic mass is 16.4. The molecule has 3 rings (SSSR count). The predicted octanol–water partition coefficient (Wildman–Crippen LogP) is 4.48. The smallest absolute Gasteiger partial charge is 0.335 e. The van der Waals surface area contributed by atoms with E-state index >= 15 is 0 Å². The summed E-state index contributed by atoms with van der Waals surface area (Å²) < 4.78 is 1.28. The first-order valence-corrected chi connectivity index (χ1v) is 11.7. The molecule has 0 aliphatic rings. The van der Waals surface area contributed by atoms with Gasteiger partial charge in [-0.1, -0.05) is 48.5 Å². The highest BCUT2D eigenvalue weighted by Crippen LogP contribution is 2.17. The van der Waals surface area contributed by atoms with Crippen molar-refractivity contribution < 1.29 is 34.2 Å². The van der Waals surface area contributed by atoms with E-state index in [0.29, 0.717) is 0 Å². The van der Waals surface area contributed by atoms with Crippen LogP contribution < -0.4 is 5.11 Å². The minimum atomic E-state index is -1.13. The first-order chi connectivity index (χ1) is 16.6. The summed E-state index contributed by atoms with van der Waals surface area (Å²) >= 11 is 0. The zero-order chi connectivity index (χ0) is 26.6. The van der Waals surface area contributed by atoms with Crippen LogP contribution in [0.4, 0.5) is 0 Å². The summed E-state index contributed by atoms with van der Waals surface area (Å²) in [6, 6.07) is 16.7. The van der Waals surface area contributed by atoms with Crippen LogP contribution in [0.2, 0.25) is 0 Å². The molecule has 35 heavy (non-hydrogen) atoms. The van der Waals surface area contributed by atoms with E-state index in [-0.39, 0.29) is 22.3 Å². The van der Waals surface area contributed by atoms with Gasteiger partial charge in [-0.05, 0) is 63.1 Å². The van der Waals surface area contributed by atoms with E-state index < -0.39 is 17.9 Å². The van der Waals surface area contributed by atoms with Gasteiger partial charge in [-0.15, -0.1) is 0 Å². The van der Waals surface area contributed by atoms with Gasteiger partial charge in [0.25, 0.3) is 0 Å². The minimum absolute atomic E-state index is 0.0277. The normalized spacial score (nSPS) is 10.4. The number of carbonyl (C=O) groups is 3. The maximum atomic E-state index is 10.7. The molecular weight excluding hydrogens is 446 g/mol. The molecule has 7 nitrogen and oxygen atoms in total. The van der Waals surface area contributed by atoms with E-state index in [9.17, 15) is 19.5 Å². The highest BCUT2D eigenvalue weighted by Gasteiger charge is 2.16. The van der Waals surface area contributed by atoms with Crippen LogP contribution >= 0.6 is 0 Å². The van der Waals surface area contributed by atoms with Gasteiger partial charge >= 0.3 is 11.9 Å². The van der Waals surface area contributed by atoms with E-state index in [0.717, 1.165) is 10.8 Å². The second-order valence-electron chi connectivity index (χ2n) is 8.01. The third kappa shape index (κ3) is 7.93. The quantitative estimate of drug-likeness (QED) is 0.481. The molecule has 0 radical (unpaired) electrons. The second-order valence-corrected chi connectivity index (χ2v) is 8.01. The molecule has 0 aliphatic carbocycles. The molecular formula is C28H35NO6. The van der Waals surface area contributed by atoms with Crippen LogP contribution in [0, 0.1) is 6.92 Å². The fourth-order valence-electron chi connectivity index (χ4n) is 3.84. The summed E-state index contributed by atoms with van der Waals surface area (Å²) in [5, 5.41) is 29.7. The Kier molecular flexibility index (Phi) is 11.6. The summed E-state index contributed by atoms with van der Waals surface area (Å²) in [6.45, 7) is 15.7. The highest BCUT2D eigenvalue weighted by molar-refractivity contribution is 6.02. The summed E-state index contributed by atoms with van der Waals surface area (Å²) in [6.07, 6.45) is 0. The number of hydrogen-bond acceptors (Lipinski definition) is 4. The Morgan fingerprint density at radius 3 is 1.49 bits per heavy atom. The van der Waals surface area contributed by atoms with Crippen molar-refractivity contribution in [3.05, 3.63) is 82.9 Å². The van der Waals surface area contributed by atoms with E-state index in [1.165, 1.54) is 55.8 Å². The predicted molar refractivity (Wildman–Crippen MR) is 136 cm³/mol. The lowest BCUT2D eigenvalue weighted by Gasteiger charge is -2.34. The average Bonchev–Trinajstić information content (AvgIpc) is 2.86. The van der Waals surface area contributed by atoms with Crippen LogP contribution in [-0.2, 0) is 0 Å². The van der Waals surface area contributed by atoms with E-state index in [1.54, 1.807) is 18.2 Å². The number of carbonyl (C=O) groups excluding carboxylic acids is 1. The third-order valence-electron chi connectivity index (χ3n) is 6.49. The van der Waals surface area contributed by atoms with E-state index in [2.05, 4.69) is 27.7 Å². The molecule has 0 fully saturated rings. The molecule has 0 amide bonds. The monoisotopic (exact) mass is 481 g/mol. The van der Waals surface area contributed by atoms with E-state index in [4.69, 9.17) is 10.2 Å². The van der Waals surface area contributed by atoms with Crippen molar-refractivity contribution in [1.82, 2.24) is 0 Å². The fraction of sp³-hybridized carbons (Fsp3) is 0.321. The average molecular weight is 482 g/mol. The Labute approximate surface area is 206 Å². The maximum Gasteiger partial charge on any atom is 0.335 e. The number of aromatic carboxylic acids is 3. The Balaban J connectivity index is 0.000000269. The Bertz CT molecular complexity index is 1100. The lowest BCUT2D eigenvalue weighted by atomic mass is 10.0. The molecule has 0 saturated carbocycles. The molecule has 7 heteroatoms. The topological polar surface area (TPSA) is 115 Å². The molecule has 0 atom stereocenters. The molecule has 0 bridgehead atoms. The van der Waals surface area contributed by atoms with Gasteiger partial charge in [0, 0.05) is 5.56 Å². The zero-order valence-electron chi connectivity index (χ0n) is 21.1. The van der Waals surface area contributed by atoms with Gasteiger partial charge in [0.05, 0.1) is 43.3 Å². The van der Waals surface area contributed by atoms with Crippen LogP contribution in [0.15, 0.2) is 60.7 Å². The number of fused-ring (bicyclic) bond motifs is 1. The van der Waals surface area contributed by atoms with Crippen molar-refractivity contribution in [2.24, 2.45) is 0 Å². The fourth-order valence-corrected chi connectivity index (χ4v) is 3.84. The van der Waals surface area contributed by atoms with Gasteiger partial charge in [0.2, 0.25) is 0 Å². The number of rotatable bonds is 7. The van der Waals surface area contributed by atoms with E-state index in [1.807, 2.05) is 24.3 Å². The van der Waals surface area contributed by atoms with Crippen molar-refractivity contribution in [2.45, 2.75) is 34.6 Å². The first kappa shape index (κ1) is 29.3. The van der Waals surface area contributed by atoms with Crippen LogP contribution in [0.1, 0.15) is 64.3 Å². The van der Waals surface area contributed by atoms with Crippen LogP contribution in [0.3, 0.4) is 0 Å². The molecule has 3 aromatic rings. The van der Waals surface area contributed by atoms with Gasteiger partial charge in [-0.25, -0.2) is 9.59 Å². The first-order valence-electron chi connectivity index (χ1n) is 11.7. The lowest BCUT2D eigenvalue weighted by molar-refractivity contribution is -0.921. The van der Waals surface area contributed by atoms with Crippen LogP contribution in [-0.4, -0.2) is 58.8 Å². The summed E-state index contributed by atoms with van der Waals surface area (Å²) in [7, 11) is 0. The van der Waals surface area contributed by atoms with Crippen LogP contribution in [0.25, 0.3) is 10.8 Å².